The van der Waals surface area contributed by atoms with Crippen LogP contribution >= 0.6 is 23.2 Å². The van der Waals surface area contributed by atoms with E-state index in [1.807, 2.05) is 11.0 Å². The lowest BCUT2D eigenvalue weighted by Crippen LogP contribution is -2.48. The fraction of sp³-hybridized carbons (Fsp3) is 0.350. The normalized spacial score (nSPS) is 15.0. The third kappa shape index (κ3) is 4.92. The molecule has 27 heavy (non-hydrogen) atoms. The maximum atomic E-state index is 13.8. The van der Waals surface area contributed by atoms with Gasteiger partial charge < -0.3 is 9.64 Å². The molecule has 0 bridgehead atoms. The van der Waals surface area contributed by atoms with Gasteiger partial charge in [0.2, 0.25) is 5.91 Å². The van der Waals surface area contributed by atoms with Gasteiger partial charge in [0, 0.05) is 42.8 Å². The number of carbonyl (C=O) groups excluding carboxylic acids is 1. The van der Waals surface area contributed by atoms with Gasteiger partial charge in [-0.15, -0.1) is 0 Å². The molecule has 2 aromatic rings. The zero-order valence-electron chi connectivity index (χ0n) is 15.1. The van der Waals surface area contributed by atoms with Crippen molar-refractivity contribution in [3.63, 3.8) is 0 Å². The van der Waals surface area contributed by atoms with Crippen molar-refractivity contribution in [3.05, 3.63) is 63.4 Å². The van der Waals surface area contributed by atoms with Crippen LogP contribution in [0.5, 0.6) is 5.75 Å². The fourth-order valence-corrected chi connectivity index (χ4v) is 3.72. The number of hydrogen-bond acceptors (Lipinski definition) is 3. The molecule has 1 saturated heterocycles. The number of carbonyl (C=O) groups is 1. The highest BCUT2D eigenvalue weighted by atomic mass is 35.5. The Labute approximate surface area is 168 Å². The van der Waals surface area contributed by atoms with Gasteiger partial charge in [-0.05, 0) is 35.4 Å². The van der Waals surface area contributed by atoms with Gasteiger partial charge in [0.05, 0.1) is 13.5 Å². The SMILES string of the molecule is COc1ccc(CN2CCN(C(=O)Cc3c(Cl)cccc3Cl)CC2)cc1F. The minimum atomic E-state index is -0.361. The molecule has 0 radical (unpaired) electrons. The zero-order chi connectivity index (χ0) is 19.4. The molecule has 1 amide bonds. The number of benzene rings is 2. The molecule has 1 aliphatic rings. The molecule has 4 nitrogen and oxygen atoms in total. The monoisotopic (exact) mass is 410 g/mol. The molecule has 1 fully saturated rings. The summed E-state index contributed by atoms with van der Waals surface area (Å²) in [6, 6.07) is 10.2. The molecule has 0 spiro atoms. The first-order chi connectivity index (χ1) is 13.0. The zero-order valence-corrected chi connectivity index (χ0v) is 16.6. The minimum Gasteiger partial charge on any atom is -0.494 e. The number of hydrogen-bond donors (Lipinski definition) is 0. The van der Waals surface area contributed by atoms with Gasteiger partial charge >= 0.3 is 0 Å². The Balaban J connectivity index is 1.54. The van der Waals surface area contributed by atoms with E-state index in [-0.39, 0.29) is 23.9 Å². The summed E-state index contributed by atoms with van der Waals surface area (Å²) in [6.45, 7) is 3.35. The quantitative estimate of drug-likeness (QED) is 0.745. The number of amides is 1. The molecule has 0 aliphatic carbocycles. The Hall–Kier alpha value is -1.82. The van der Waals surface area contributed by atoms with Gasteiger partial charge in [-0.25, -0.2) is 4.39 Å². The average molecular weight is 411 g/mol. The van der Waals surface area contributed by atoms with E-state index in [0.29, 0.717) is 35.2 Å². The summed E-state index contributed by atoms with van der Waals surface area (Å²) in [7, 11) is 1.45. The van der Waals surface area contributed by atoms with Gasteiger partial charge in [-0.2, -0.15) is 0 Å². The Morgan fingerprint density at radius 2 is 1.78 bits per heavy atom. The first-order valence-electron chi connectivity index (χ1n) is 8.73. The Kier molecular flexibility index (Phi) is 6.58. The summed E-state index contributed by atoms with van der Waals surface area (Å²) in [4.78, 5) is 16.6. The van der Waals surface area contributed by atoms with Crippen molar-refractivity contribution in [3.8, 4) is 5.75 Å². The van der Waals surface area contributed by atoms with Crippen LogP contribution in [-0.2, 0) is 17.8 Å². The van der Waals surface area contributed by atoms with Crippen LogP contribution in [0.3, 0.4) is 0 Å². The number of rotatable bonds is 5. The van der Waals surface area contributed by atoms with E-state index in [2.05, 4.69) is 4.90 Å². The summed E-state index contributed by atoms with van der Waals surface area (Å²) < 4.78 is 18.8. The summed E-state index contributed by atoms with van der Waals surface area (Å²) in [5.41, 5.74) is 1.55. The van der Waals surface area contributed by atoms with E-state index in [1.165, 1.54) is 13.2 Å². The first-order valence-corrected chi connectivity index (χ1v) is 9.49. The minimum absolute atomic E-state index is 0.0140. The highest BCUT2D eigenvalue weighted by Gasteiger charge is 2.22. The van der Waals surface area contributed by atoms with Crippen LogP contribution < -0.4 is 4.74 Å². The maximum absolute atomic E-state index is 13.8. The van der Waals surface area contributed by atoms with Gasteiger partial charge in [0.1, 0.15) is 0 Å². The lowest BCUT2D eigenvalue weighted by molar-refractivity contribution is -0.132. The summed E-state index contributed by atoms with van der Waals surface area (Å²) in [5.74, 6) is -0.104. The largest absolute Gasteiger partial charge is 0.494 e. The standard InChI is InChI=1S/C20H21Cl2FN2O2/c1-27-19-6-5-14(11-18(19)23)13-24-7-9-25(10-8-24)20(26)12-15-16(21)3-2-4-17(15)22/h2-6,11H,7-10,12-13H2,1H3. The van der Waals surface area contributed by atoms with E-state index < -0.39 is 0 Å². The topological polar surface area (TPSA) is 32.8 Å². The molecular formula is C20H21Cl2FN2O2. The van der Waals surface area contributed by atoms with Crippen LogP contribution in [-0.4, -0.2) is 49.0 Å². The van der Waals surface area contributed by atoms with Gasteiger partial charge in [0.25, 0.3) is 0 Å². The lowest BCUT2D eigenvalue weighted by atomic mass is 10.1. The van der Waals surface area contributed by atoms with Crippen molar-refractivity contribution >= 4 is 29.1 Å². The summed E-state index contributed by atoms with van der Waals surface area (Å²) in [5, 5.41) is 1.02. The molecular weight excluding hydrogens is 390 g/mol. The van der Waals surface area contributed by atoms with Gasteiger partial charge in [0.15, 0.2) is 11.6 Å². The second-order valence-corrected chi connectivity index (χ2v) is 7.32. The average Bonchev–Trinajstić information content (AvgIpc) is 2.65. The molecule has 1 heterocycles. The van der Waals surface area contributed by atoms with E-state index in [1.54, 1.807) is 24.3 Å². The van der Waals surface area contributed by atoms with Crippen molar-refractivity contribution in [2.75, 3.05) is 33.3 Å². The van der Waals surface area contributed by atoms with Crippen molar-refractivity contribution in [1.82, 2.24) is 9.80 Å². The molecule has 0 N–H and O–H groups in total. The second kappa shape index (κ2) is 8.91. The van der Waals surface area contributed by atoms with Crippen LogP contribution in [0.25, 0.3) is 0 Å². The number of nitrogens with zero attached hydrogens (tertiary/aromatic N) is 2. The van der Waals surface area contributed by atoms with Crippen molar-refractivity contribution in [2.45, 2.75) is 13.0 Å². The van der Waals surface area contributed by atoms with Crippen molar-refractivity contribution < 1.29 is 13.9 Å². The second-order valence-electron chi connectivity index (χ2n) is 6.50. The number of methoxy groups -OCH3 is 1. The molecule has 3 rings (SSSR count). The predicted octanol–water partition coefficient (Wildman–Crippen LogP) is 4.03. The first kappa shape index (κ1) is 19.9. The number of piperazine rings is 1. The van der Waals surface area contributed by atoms with Gasteiger partial charge in [-0.3, -0.25) is 9.69 Å². The summed E-state index contributed by atoms with van der Waals surface area (Å²) in [6.07, 6.45) is 0.197. The molecule has 2 aromatic carbocycles. The van der Waals surface area contributed by atoms with Crippen molar-refractivity contribution in [1.29, 1.82) is 0 Å². The molecule has 0 unspecified atom stereocenters. The van der Waals surface area contributed by atoms with Crippen molar-refractivity contribution in [2.24, 2.45) is 0 Å². The van der Waals surface area contributed by atoms with Crippen LogP contribution in [0.2, 0.25) is 10.0 Å². The van der Waals surface area contributed by atoms with Crippen LogP contribution in [0.4, 0.5) is 4.39 Å². The van der Waals surface area contributed by atoms with E-state index in [4.69, 9.17) is 27.9 Å². The number of halogens is 3. The maximum Gasteiger partial charge on any atom is 0.227 e. The Morgan fingerprint density at radius 1 is 1.11 bits per heavy atom. The smallest absolute Gasteiger partial charge is 0.227 e. The van der Waals surface area contributed by atoms with Crippen LogP contribution in [0, 0.1) is 5.82 Å². The highest BCUT2D eigenvalue weighted by molar-refractivity contribution is 6.36. The third-order valence-corrected chi connectivity index (χ3v) is 5.45. The molecule has 7 heteroatoms. The Bertz CT molecular complexity index is 803. The van der Waals surface area contributed by atoms with E-state index >= 15 is 0 Å². The molecule has 1 aliphatic heterocycles. The lowest BCUT2D eigenvalue weighted by Gasteiger charge is -2.35. The van der Waals surface area contributed by atoms with Gasteiger partial charge in [-0.1, -0.05) is 35.3 Å². The highest BCUT2D eigenvalue weighted by Crippen LogP contribution is 2.25. The van der Waals surface area contributed by atoms with Crippen LogP contribution in [0.1, 0.15) is 11.1 Å². The third-order valence-electron chi connectivity index (χ3n) is 4.74. The molecule has 0 saturated carbocycles. The molecule has 144 valence electrons. The van der Waals surface area contributed by atoms with E-state index in [0.717, 1.165) is 18.7 Å². The molecule has 0 atom stereocenters. The predicted molar refractivity (Wildman–Crippen MR) is 105 cm³/mol. The molecule has 0 aromatic heterocycles. The van der Waals surface area contributed by atoms with Crippen LogP contribution in [0.15, 0.2) is 36.4 Å². The Morgan fingerprint density at radius 3 is 2.37 bits per heavy atom. The fourth-order valence-electron chi connectivity index (χ4n) is 3.19. The summed E-state index contributed by atoms with van der Waals surface area (Å²) >= 11 is 12.3. The number of ether oxygens (including phenoxy) is 1. The van der Waals surface area contributed by atoms with E-state index in [9.17, 15) is 9.18 Å².